The zero-order valence-electron chi connectivity index (χ0n) is 13.7. The number of carbonyl (C=O) groups excluding carboxylic acids is 1. The molecule has 2 heteroatoms. The third-order valence-electron chi connectivity index (χ3n) is 3.80. The van der Waals surface area contributed by atoms with E-state index in [4.69, 9.17) is 0 Å². The van der Waals surface area contributed by atoms with Crippen LogP contribution >= 0.6 is 0 Å². The number of hydrogen-bond donors (Lipinski definition) is 1. The summed E-state index contributed by atoms with van der Waals surface area (Å²) in [6.45, 7) is 8.43. The van der Waals surface area contributed by atoms with Crippen molar-refractivity contribution in [1.29, 1.82) is 0 Å². The molecule has 0 atom stereocenters. The Morgan fingerprint density at radius 1 is 1.00 bits per heavy atom. The molecule has 0 fully saturated rings. The first-order valence-corrected chi connectivity index (χ1v) is 7.62. The predicted molar refractivity (Wildman–Crippen MR) is 94.1 cm³/mol. The summed E-state index contributed by atoms with van der Waals surface area (Å²) in [6, 6.07) is 14.2. The van der Waals surface area contributed by atoms with E-state index in [0.717, 1.165) is 11.3 Å². The number of hydrogen-bond acceptors (Lipinski definition) is 1. The van der Waals surface area contributed by atoms with Crippen LogP contribution in [0.4, 0.5) is 5.69 Å². The average molecular weight is 293 g/mol. The van der Waals surface area contributed by atoms with E-state index in [1.807, 2.05) is 43.3 Å². The lowest BCUT2D eigenvalue weighted by Gasteiger charge is -2.06. The lowest BCUT2D eigenvalue weighted by atomic mass is 10.0. The minimum atomic E-state index is -0.115. The molecule has 2 aromatic rings. The minimum Gasteiger partial charge on any atom is -0.323 e. The van der Waals surface area contributed by atoms with Gasteiger partial charge < -0.3 is 5.32 Å². The van der Waals surface area contributed by atoms with E-state index in [0.29, 0.717) is 5.92 Å². The number of anilines is 1. The van der Waals surface area contributed by atoms with Crippen molar-refractivity contribution in [3.8, 4) is 0 Å². The number of rotatable bonds is 4. The Kier molecular flexibility index (Phi) is 5.16. The van der Waals surface area contributed by atoms with E-state index >= 15 is 0 Å². The van der Waals surface area contributed by atoms with Crippen molar-refractivity contribution >= 4 is 17.7 Å². The highest BCUT2D eigenvalue weighted by atomic mass is 16.1. The Hall–Kier alpha value is -2.35. The molecule has 1 N–H and O–H groups in total. The Morgan fingerprint density at radius 3 is 2.27 bits per heavy atom. The second kappa shape index (κ2) is 7.08. The van der Waals surface area contributed by atoms with E-state index in [1.165, 1.54) is 16.7 Å². The van der Waals surface area contributed by atoms with Crippen molar-refractivity contribution in [3.05, 3.63) is 70.8 Å². The Morgan fingerprint density at radius 2 is 1.68 bits per heavy atom. The van der Waals surface area contributed by atoms with E-state index in [2.05, 4.69) is 38.2 Å². The maximum Gasteiger partial charge on any atom is 0.248 e. The fourth-order valence-electron chi connectivity index (χ4n) is 2.17. The van der Waals surface area contributed by atoms with Gasteiger partial charge in [-0.15, -0.1) is 0 Å². The Balaban J connectivity index is 2.00. The summed E-state index contributed by atoms with van der Waals surface area (Å²) >= 11 is 0. The van der Waals surface area contributed by atoms with Gasteiger partial charge in [0.2, 0.25) is 5.91 Å². The molecule has 0 unspecified atom stereocenters. The highest BCUT2D eigenvalue weighted by molar-refractivity contribution is 6.01. The third-order valence-corrected chi connectivity index (χ3v) is 3.80. The van der Waals surface area contributed by atoms with Crippen molar-refractivity contribution < 1.29 is 4.79 Å². The van der Waals surface area contributed by atoms with Gasteiger partial charge in [-0.2, -0.15) is 0 Å². The molecule has 0 radical (unpaired) electrons. The molecular formula is C20H23NO. The van der Waals surface area contributed by atoms with Crippen molar-refractivity contribution in [2.75, 3.05) is 5.32 Å². The zero-order chi connectivity index (χ0) is 16.1. The molecule has 2 aromatic carbocycles. The topological polar surface area (TPSA) is 29.1 Å². The smallest absolute Gasteiger partial charge is 0.248 e. The fraction of sp³-hybridized carbons (Fsp3) is 0.250. The SMILES string of the molecule is Cc1ccc(NC(=O)/C=C/c2ccc(C(C)C)cc2)cc1C. The summed E-state index contributed by atoms with van der Waals surface area (Å²) in [5.41, 5.74) is 5.55. The van der Waals surface area contributed by atoms with Gasteiger partial charge in [0.05, 0.1) is 0 Å². The van der Waals surface area contributed by atoms with Crippen LogP contribution in [-0.2, 0) is 4.79 Å². The summed E-state index contributed by atoms with van der Waals surface area (Å²) < 4.78 is 0. The molecule has 2 nitrogen and oxygen atoms in total. The third kappa shape index (κ3) is 4.32. The Labute approximate surface area is 132 Å². The van der Waals surface area contributed by atoms with Crippen LogP contribution in [-0.4, -0.2) is 5.91 Å². The van der Waals surface area contributed by atoms with Crippen molar-refractivity contribution in [1.82, 2.24) is 0 Å². The summed E-state index contributed by atoms with van der Waals surface area (Å²) in [6.07, 6.45) is 3.40. The number of carbonyl (C=O) groups is 1. The first-order valence-electron chi connectivity index (χ1n) is 7.62. The van der Waals surface area contributed by atoms with Crippen LogP contribution in [0, 0.1) is 13.8 Å². The lowest BCUT2D eigenvalue weighted by Crippen LogP contribution is -2.07. The molecule has 2 rings (SSSR count). The summed E-state index contributed by atoms with van der Waals surface area (Å²) in [5, 5.41) is 2.88. The van der Waals surface area contributed by atoms with Gasteiger partial charge in [-0.25, -0.2) is 0 Å². The zero-order valence-corrected chi connectivity index (χ0v) is 13.7. The first-order chi connectivity index (χ1) is 10.5. The monoisotopic (exact) mass is 293 g/mol. The first kappa shape index (κ1) is 16.0. The van der Waals surface area contributed by atoms with E-state index in [9.17, 15) is 4.79 Å². The molecule has 1 amide bonds. The quantitative estimate of drug-likeness (QED) is 0.783. The molecule has 0 saturated carbocycles. The Bertz CT molecular complexity index is 681. The molecule has 0 aliphatic heterocycles. The molecule has 0 spiro atoms. The van der Waals surface area contributed by atoms with Gasteiger partial charge in [-0.3, -0.25) is 4.79 Å². The van der Waals surface area contributed by atoms with Crippen LogP contribution in [0.2, 0.25) is 0 Å². The molecule has 114 valence electrons. The van der Waals surface area contributed by atoms with E-state index in [-0.39, 0.29) is 5.91 Å². The van der Waals surface area contributed by atoms with Gasteiger partial charge >= 0.3 is 0 Å². The van der Waals surface area contributed by atoms with E-state index < -0.39 is 0 Å². The molecule has 0 heterocycles. The molecular weight excluding hydrogens is 270 g/mol. The number of amides is 1. The van der Waals surface area contributed by atoms with Crippen LogP contribution in [0.25, 0.3) is 6.08 Å². The van der Waals surface area contributed by atoms with Crippen molar-refractivity contribution in [2.24, 2.45) is 0 Å². The minimum absolute atomic E-state index is 0.115. The largest absolute Gasteiger partial charge is 0.323 e. The van der Waals surface area contributed by atoms with E-state index in [1.54, 1.807) is 6.08 Å². The van der Waals surface area contributed by atoms with Crippen molar-refractivity contribution in [3.63, 3.8) is 0 Å². The highest BCUT2D eigenvalue weighted by Gasteiger charge is 2.01. The fourth-order valence-corrected chi connectivity index (χ4v) is 2.17. The van der Waals surface area contributed by atoms with Crippen LogP contribution in [0.15, 0.2) is 48.5 Å². The number of benzene rings is 2. The average Bonchev–Trinajstić information content (AvgIpc) is 2.49. The summed E-state index contributed by atoms with van der Waals surface area (Å²) in [4.78, 5) is 12.0. The van der Waals surface area contributed by atoms with Crippen LogP contribution in [0.1, 0.15) is 42.0 Å². The predicted octanol–water partition coefficient (Wildman–Crippen LogP) is 5.08. The second-order valence-corrected chi connectivity index (χ2v) is 5.94. The normalized spacial score (nSPS) is 11.1. The maximum absolute atomic E-state index is 12.0. The van der Waals surface area contributed by atoms with Gasteiger partial charge in [0, 0.05) is 11.8 Å². The van der Waals surface area contributed by atoms with Crippen molar-refractivity contribution in [2.45, 2.75) is 33.6 Å². The van der Waals surface area contributed by atoms with Gasteiger partial charge in [-0.1, -0.05) is 44.2 Å². The van der Waals surface area contributed by atoms with Gasteiger partial charge in [0.25, 0.3) is 0 Å². The summed E-state index contributed by atoms with van der Waals surface area (Å²) in [7, 11) is 0. The molecule has 0 aliphatic carbocycles. The number of aryl methyl sites for hydroxylation is 2. The van der Waals surface area contributed by atoms with Crippen LogP contribution in [0.5, 0.6) is 0 Å². The van der Waals surface area contributed by atoms with Gasteiger partial charge in [0.1, 0.15) is 0 Å². The maximum atomic E-state index is 12.0. The standard InChI is InChI=1S/C20H23NO/c1-14(2)18-9-6-17(7-10-18)8-12-20(22)21-19-11-5-15(3)16(4)13-19/h5-14H,1-4H3,(H,21,22)/b12-8+. The molecule has 0 bridgehead atoms. The van der Waals surface area contributed by atoms with Gasteiger partial charge in [0.15, 0.2) is 0 Å². The highest BCUT2D eigenvalue weighted by Crippen LogP contribution is 2.16. The summed E-state index contributed by atoms with van der Waals surface area (Å²) in [5.74, 6) is 0.405. The lowest BCUT2D eigenvalue weighted by molar-refractivity contribution is -0.111. The molecule has 0 aliphatic rings. The molecule has 0 saturated heterocycles. The van der Waals surface area contributed by atoms with Gasteiger partial charge in [-0.05, 0) is 60.2 Å². The van der Waals surface area contributed by atoms with Crippen LogP contribution < -0.4 is 5.32 Å². The second-order valence-electron chi connectivity index (χ2n) is 5.94. The molecule has 22 heavy (non-hydrogen) atoms. The molecule has 0 aromatic heterocycles. The number of nitrogens with one attached hydrogen (secondary N) is 1. The van der Waals surface area contributed by atoms with Crippen LogP contribution in [0.3, 0.4) is 0 Å².